The number of rotatable bonds is 9. The lowest BCUT2D eigenvalue weighted by Gasteiger charge is -1.99. The minimum absolute atomic E-state index is 1.00. The molecule has 0 radical (unpaired) electrons. The maximum absolute atomic E-state index is 4.12. The van der Waals surface area contributed by atoms with E-state index in [4.69, 9.17) is 0 Å². The van der Waals surface area contributed by atoms with Gasteiger partial charge in [-0.05, 0) is 47.9 Å². The number of allylic oxidation sites excluding steroid dienone is 2. The van der Waals surface area contributed by atoms with E-state index in [1.165, 1.54) is 11.1 Å². The van der Waals surface area contributed by atoms with E-state index in [-0.39, 0.29) is 0 Å². The van der Waals surface area contributed by atoms with E-state index in [1.807, 2.05) is 12.2 Å². The van der Waals surface area contributed by atoms with Crippen LogP contribution in [0.15, 0.2) is 84.0 Å². The molecule has 0 saturated heterocycles. The first-order valence-corrected chi connectivity index (χ1v) is 8.28. The fourth-order valence-corrected chi connectivity index (χ4v) is 2.28. The Morgan fingerprint density at radius 3 is 1.33 bits per heavy atom. The third-order valence-electron chi connectivity index (χ3n) is 3.71. The van der Waals surface area contributed by atoms with Gasteiger partial charge in [-0.1, -0.05) is 60.7 Å². The van der Waals surface area contributed by atoms with Gasteiger partial charge >= 0.3 is 0 Å². The maximum Gasteiger partial charge on any atom is 0.0568 e. The molecular weight excluding hydrogens is 292 g/mol. The monoisotopic (exact) mass is 316 g/mol. The summed E-state index contributed by atoms with van der Waals surface area (Å²) in [4.78, 5) is 0. The predicted molar refractivity (Wildman–Crippen MR) is 105 cm³/mol. The summed E-state index contributed by atoms with van der Waals surface area (Å²) >= 11 is 0. The van der Waals surface area contributed by atoms with Crippen LogP contribution < -0.4 is 0 Å². The molecule has 122 valence electrons. The summed E-state index contributed by atoms with van der Waals surface area (Å²) in [6, 6.07) is 16.7. The normalized spacial score (nSPS) is 11.2. The van der Waals surface area contributed by atoms with Gasteiger partial charge in [-0.25, -0.2) is 0 Å². The summed E-state index contributed by atoms with van der Waals surface area (Å²) in [6.07, 6.45) is 11.5. The van der Waals surface area contributed by atoms with Gasteiger partial charge in [0.05, 0.1) is 12.4 Å². The summed E-state index contributed by atoms with van der Waals surface area (Å²) in [6.45, 7) is 7.49. The Morgan fingerprint density at radius 1 is 0.625 bits per heavy atom. The van der Waals surface area contributed by atoms with Crippen LogP contribution in [0.5, 0.6) is 0 Å². The predicted octanol–water partition coefficient (Wildman–Crippen LogP) is 5.38. The molecule has 0 fully saturated rings. The van der Waals surface area contributed by atoms with Crippen molar-refractivity contribution < 1.29 is 0 Å². The van der Waals surface area contributed by atoms with Gasteiger partial charge in [0.25, 0.3) is 0 Å². The summed E-state index contributed by atoms with van der Waals surface area (Å²) in [5.41, 5.74) is 4.72. The third-order valence-corrected chi connectivity index (χ3v) is 3.71. The second-order valence-corrected chi connectivity index (χ2v) is 5.63. The number of aryl methyl sites for hydroxylation is 2. The van der Waals surface area contributed by atoms with E-state index >= 15 is 0 Å². The van der Waals surface area contributed by atoms with Gasteiger partial charge in [0.1, 0.15) is 0 Å². The van der Waals surface area contributed by atoms with Gasteiger partial charge in [-0.15, -0.1) is 13.2 Å². The van der Waals surface area contributed by atoms with E-state index < -0.39 is 0 Å². The van der Waals surface area contributed by atoms with Crippen molar-refractivity contribution in [3.05, 3.63) is 96.1 Å². The van der Waals surface area contributed by atoms with Crippen LogP contribution in [0.4, 0.5) is 0 Å². The third kappa shape index (κ3) is 6.17. The molecule has 0 spiro atoms. The van der Waals surface area contributed by atoms with Gasteiger partial charge in [0.2, 0.25) is 0 Å². The van der Waals surface area contributed by atoms with Crippen LogP contribution in [0.2, 0.25) is 0 Å². The van der Waals surface area contributed by atoms with Crippen molar-refractivity contribution in [1.82, 2.24) is 0 Å². The van der Waals surface area contributed by atoms with Crippen LogP contribution in [-0.2, 0) is 12.8 Å². The zero-order valence-electron chi connectivity index (χ0n) is 14.1. The van der Waals surface area contributed by atoms with Gasteiger partial charge in [-0.2, -0.15) is 10.2 Å². The molecule has 24 heavy (non-hydrogen) atoms. The number of hydrogen-bond donors (Lipinski definition) is 0. The van der Waals surface area contributed by atoms with E-state index in [1.54, 1.807) is 12.4 Å². The zero-order chi connectivity index (χ0) is 17.0. The molecule has 0 aliphatic rings. The first-order valence-electron chi connectivity index (χ1n) is 8.28. The molecule has 0 amide bonds. The highest BCUT2D eigenvalue weighted by Gasteiger charge is 1.93. The van der Waals surface area contributed by atoms with Crippen molar-refractivity contribution in [2.45, 2.75) is 25.7 Å². The van der Waals surface area contributed by atoms with E-state index in [9.17, 15) is 0 Å². The minimum Gasteiger partial charge on any atom is -0.159 e. The van der Waals surface area contributed by atoms with Crippen LogP contribution in [0, 0.1) is 0 Å². The highest BCUT2D eigenvalue weighted by molar-refractivity contribution is 5.82. The SMILES string of the molecule is C=CCCc1ccc(/C=N/N=C/c2ccc(CCC=C)cc2)cc1. The molecule has 0 N–H and O–H groups in total. The molecule has 2 nitrogen and oxygen atoms in total. The van der Waals surface area contributed by atoms with Crippen LogP contribution in [0.3, 0.4) is 0 Å². The highest BCUT2D eigenvalue weighted by atomic mass is 15.2. The lowest BCUT2D eigenvalue weighted by Crippen LogP contribution is -1.86. The van der Waals surface area contributed by atoms with E-state index in [0.717, 1.165) is 36.8 Å². The Balaban J connectivity index is 1.87. The Hall–Kier alpha value is -2.74. The highest BCUT2D eigenvalue weighted by Crippen LogP contribution is 2.07. The van der Waals surface area contributed by atoms with E-state index in [0.29, 0.717) is 0 Å². The smallest absolute Gasteiger partial charge is 0.0568 e. The van der Waals surface area contributed by atoms with Gasteiger partial charge < -0.3 is 0 Å². The van der Waals surface area contributed by atoms with Gasteiger partial charge in [0.15, 0.2) is 0 Å². The molecule has 0 saturated carbocycles. The summed E-state index contributed by atoms with van der Waals surface area (Å²) in [5, 5.41) is 8.23. The zero-order valence-corrected chi connectivity index (χ0v) is 14.1. The molecular formula is C22H24N2. The minimum atomic E-state index is 1.00. The first kappa shape index (κ1) is 17.6. The van der Waals surface area contributed by atoms with Gasteiger partial charge in [-0.3, -0.25) is 0 Å². The van der Waals surface area contributed by atoms with Crippen LogP contribution in [0.25, 0.3) is 0 Å². The number of nitrogens with zero attached hydrogens (tertiary/aromatic N) is 2. The lowest BCUT2D eigenvalue weighted by atomic mass is 10.1. The lowest BCUT2D eigenvalue weighted by molar-refractivity contribution is 1.00. The van der Waals surface area contributed by atoms with Gasteiger partial charge in [0, 0.05) is 0 Å². The molecule has 0 aliphatic carbocycles. The average Bonchev–Trinajstić information content (AvgIpc) is 2.64. The van der Waals surface area contributed by atoms with Crippen molar-refractivity contribution in [3.8, 4) is 0 Å². The maximum atomic E-state index is 4.12. The molecule has 0 aromatic heterocycles. The van der Waals surface area contributed by atoms with Crippen LogP contribution in [-0.4, -0.2) is 12.4 Å². The Bertz CT molecular complexity index is 628. The largest absolute Gasteiger partial charge is 0.159 e. The summed E-state index contributed by atoms with van der Waals surface area (Å²) < 4.78 is 0. The van der Waals surface area contributed by atoms with Crippen molar-refractivity contribution in [3.63, 3.8) is 0 Å². The molecule has 0 bridgehead atoms. The standard InChI is InChI=1S/C22H24N2/c1-3-5-7-19-9-13-21(14-10-19)17-23-24-18-22-15-11-20(12-16-22)8-6-4-2/h3-4,9-18H,1-2,5-8H2/b23-17+,24-18+. The first-order chi connectivity index (χ1) is 11.8. The molecule has 0 aliphatic heterocycles. The topological polar surface area (TPSA) is 24.7 Å². The Kier molecular flexibility index (Phi) is 7.42. The molecule has 0 atom stereocenters. The number of hydrogen-bond acceptors (Lipinski definition) is 2. The van der Waals surface area contributed by atoms with Crippen molar-refractivity contribution in [1.29, 1.82) is 0 Å². The molecule has 2 heteroatoms. The average molecular weight is 316 g/mol. The van der Waals surface area contributed by atoms with Crippen LogP contribution in [0.1, 0.15) is 35.1 Å². The number of benzene rings is 2. The Labute approximate surface area is 145 Å². The molecule has 0 unspecified atom stereocenters. The Morgan fingerprint density at radius 2 is 1.00 bits per heavy atom. The van der Waals surface area contributed by atoms with E-state index in [2.05, 4.69) is 71.9 Å². The fraction of sp³-hybridized carbons (Fsp3) is 0.182. The summed E-state index contributed by atoms with van der Waals surface area (Å²) in [7, 11) is 0. The van der Waals surface area contributed by atoms with Crippen molar-refractivity contribution in [2.24, 2.45) is 10.2 Å². The van der Waals surface area contributed by atoms with Crippen LogP contribution >= 0.6 is 0 Å². The fourth-order valence-electron chi connectivity index (χ4n) is 2.28. The molecule has 2 rings (SSSR count). The van der Waals surface area contributed by atoms with Crippen molar-refractivity contribution >= 4 is 12.4 Å². The summed E-state index contributed by atoms with van der Waals surface area (Å²) in [5.74, 6) is 0. The molecule has 2 aromatic rings. The second kappa shape index (κ2) is 10.1. The second-order valence-electron chi connectivity index (χ2n) is 5.63. The van der Waals surface area contributed by atoms with Crippen molar-refractivity contribution in [2.75, 3.05) is 0 Å². The quantitative estimate of drug-likeness (QED) is 0.337. The molecule has 2 aromatic carbocycles. The molecule has 0 heterocycles.